The van der Waals surface area contributed by atoms with Crippen LogP contribution in [0.4, 0.5) is 0 Å². The van der Waals surface area contributed by atoms with Crippen molar-refractivity contribution in [2.75, 3.05) is 7.11 Å². The molecule has 0 aliphatic heterocycles. The maximum atomic E-state index is 11.4. The van der Waals surface area contributed by atoms with Gasteiger partial charge in [0.05, 0.1) is 12.8 Å². The first-order chi connectivity index (χ1) is 15.6. The number of nitrogens with zero attached hydrogens (tertiary/aromatic N) is 1. The standard InChI is InChI=1S/C27H23NO4/c1-19(29)32-25-10-6-9-22-13-15-23(28-27(22)25)14-11-20-12-16-24(26(17-20)30-2)31-18-21-7-4-3-5-8-21/h3-17H,18H2,1-2H3. The summed E-state index contributed by atoms with van der Waals surface area (Å²) >= 11 is 0. The second-order valence-electron chi connectivity index (χ2n) is 7.18. The Morgan fingerprint density at radius 2 is 1.72 bits per heavy atom. The number of aromatic nitrogens is 1. The van der Waals surface area contributed by atoms with Crippen LogP contribution in [0.1, 0.15) is 23.7 Å². The Kier molecular flexibility index (Phi) is 6.46. The number of carbonyl (C=O) groups excluding carboxylic acids is 1. The van der Waals surface area contributed by atoms with Crippen molar-refractivity contribution in [2.45, 2.75) is 13.5 Å². The summed E-state index contributed by atoms with van der Waals surface area (Å²) in [6.45, 7) is 1.85. The number of esters is 1. The third kappa shape index (κ3) is 5.13. The van der Waals surface area contributed by atoms with Gasteiger partial charge in [0.25, 0.3) is 0 Å². The van der Waals surface area contributed by atoms with Crippen molar-refractivity contribution in [1.82, 2.24) is 4.98 Å². The summed E-state index contributed by atoms with van der Waals surface area (Å²) in [6.07, 6.45) is 3.86. The molecule has 0 bridgehead atoms. The largest absolute Gasteiger partial charge is 0.493 e. The molecule has 0 fully saturated rings. The highest BCUT2D eigenvalue weighted by Gasteiger charge is 2.08. The zero-order chi connectivity index (χ0) is 22.3. The summed E-state index contributed by atoms with van der Waals surface area (Å²) in [5, 5.41) is 0.905. The van der Waals surface area contributed by atoms with Crippen LogP contribution in [0.2, 0.25) is 0 Å². The molecule has 5 nitrogen and oxygen atoms in total. The number of fused-ring (bicyclic) bond motifs is 1. The lowest BCUT2D eigenvalue weighted by molar-refractivity contribution is -0.131. The predicted molar refractivity (Wildman–Crippen MR) is 126 cm³/mol. The Labute approximate surface area is 186 Å². The SMILES string of the molecule is COc1cc(C=Cc2ccc3cccc(OC(C)=O)c3n2)ccc1OCc1ccccc1. The number of pyridine rings is 1. The van der Waals surface area contributed by atoms with Crippen molar-refractivity contribution in [1.29, 1.82) is 0 Å². The third-order valence-electron chi connectivity index (χ3n) is 4.83. The topological polar surface area (TPSA) is 57.7 Å². The first-order valence-corrected chi connectivity index (χ1v) is 10.2. The molecular formula is C27H23NO4. The van der Waals surface area contributed by atoms with E-state index in [9.17, 15) is 4.79 Å². The summed E-state index contributed by atoms with van der Waals surface area (Å²) in [5.74, 6) is 1.42. The molecule has 32 heavy (non-hydrogen) atoms. The maximum Gasteiger partial charge on any atom is 0.308 e. The summed E-state index contributed by atoms with van der Waals surface area (Å²) in [6, 6.07) is 25.2. The lowest BCUT2D eigenvalue weighted by atomic mass is 10.1. The van der Waals surface area contributed by atoms with E-state index >= 15 is 0 Å². The van der Waals surface area contributed by atoms with E-state index in [4.69, 9.17) is 14.2 Å². The highest BCUT2D eigenvalue weighted by atomic mass is 16.5. The highest BCUT2D eigenvalue weighted by Crippen LogP contribution is 2.30. The van der Waals surface area contributed by atoms with Gasteiger partial charge in [-0.1, -0.05) is 60.7 Å². The van der Waals surface area contributed by atoms with Crippen LogP contribution in [0, 0.1) is 0 Å². The van der Waals surface area contributed by atoms with E-state index in [2.05, 4.69) is 4.98 Å². The molecule has 0 aliphatic rings. The summed E-state index contributed by atoms with van der Waals surface area (Å²) < 4.78 is 16.7. The average molecular weight is 425 g/mol. The van der Waals surface area contributed by atoms with E-state index in [1.165, 1.54) is 6.92 Å². The number of hydrogen-bond acceptors (Lipinski definition) is 5. The van der Waals surface area contributed by atoms with E-state index in [0.717, 1.165) is 22.2 Å². The van der Waals surface area contributed by atoms with Crippen LogP contribution in [0.5, 0.6) is 17.2 Å². The smallest absolute Gasteiger partial charge is 0.308 e. The molecule has 0 saturated carbocycles. The second-order valence-corrected chi connectivity index (χ2v) is 7.18. The molecule has 0 aliphatic carbocycles. The molecule has 1 aromatic heterocycles. The van der Waals surface area contributed by atoms with Crippen molar-refractivity contribution in [3.63, 3.8) is 0 Å². The molecule has 5 heteroatoms. The second kappa shape index (κ2) is 9.79. The first kappa shape index (κ1) is 21.1. The monoisotopic (exact) mass is 425 g/mol. The van der Waals surface area contributed by atoms with E-state index < -0.39 is 0 Å². The van der Waals surface area contributed by atoms with Crippen molar-refractivity contribution in [3.8, 4) is 17.2 Å². The van der Waals surface area contributed by atoms with Crippen LogP contribution >= 0.6 is 0 Å². The third-order valence-corrected chi connectivity index (χ3v) is 4.83. The van der Waals surface area contributed by atoms with E-state index in [1.54, 1.807) is 13.2 Å². The quantitative estimate of drug-likeness (QED) is 0.272. The first-order valence-electron chi connectivity index (χ1n) is 10.2. The van der Waals surface area contributed by atoms with Gasteiger partial charge in [0.1, 0.15) is 12.1 Å². The molecule has 0 amide bonds. The van der Waals surface area contributed by atoms with Crippen LogP contribution in [0.25, 0.3) is 23.1 Å². The molecule has 0 spiro atoms. The van der Waals surface area contributed by atoms with Crippen LogP contribution in [0.15, 0.2) is 78.9 Å². The fraction of sp³-hybridized carbons (Fsp3) is 0.111. The van der Waals surface area contributed by atoms with Gasteiger partial charge in [0.15, 0.2) is 17.2 Å². The molecule has 4 rings (SSSR count). The molecule has 160 valence electrons. The normalized spacial score (nSPS) is 10.9. The van der Waals surface area contributed by atoms with Crippen LogP contribution < -0.4 is 14.2 Å². The average Bonchev–Trinajstić information content (AvgIpc) is 2.82. The van der Waals surface area contributed by atoms with Crippen molar-refractivity contribution in [2.24, 2.45) is 0 Å². The Bertz CT molecular complexity index is 1270. The Morgan fingerprint density at radius 1 is 0.875 bits per heavy atom. The molecule has 1 heterocycles. The Balaban J connectivity index is 1.53. The van der Waals surface area contributed by atoms with Gasteiger partial charge in [-0.2, -0.15) is 0 Å². The summed E-state index contributed by atoms with van der Waals surface area (Å²) in [7, 11) is 1.62. The van der Waals surface area contributed by atoms with Gasteiger partial charge in [-0.15, -0.1) is 0 Å². The van der Waals surface area contributed by atoms with Crippen molar-refractivity contribution in [3.05, 3.63) is 95.7 Å². The van der Waals surface area contributed by atoms with Crippen LogP contribution in [-0.2, 0) is 11.4 Å². The van der Waals surface area contributed by atoms with Gasteiger partial charge in [-0.25, -0.2) is 4.98 Å². The zero-order valence-electron chi connectivity index (χ0n) is 17.9. The minimum Gasteiger partial charge on any atom is -0.493 e. The van der Waals surface area contributed by atoms with Crippen molar-refractivity contribution < 1.29 is 19.0 Å². The van der Waals surface area contributed by atoms with Gasteiger partial charge in [0.2, 0.25) is 0 Å². The number of carbonyl (C=O) groups is 1. The molecule has 0 N–H and O–H groups in total. The van der Waals surface area contributed by atoms with Crippen molar-refractivity contribution >= 4 is 29.0 Å². The van der Waals surface area contributed by atoms with Gasteiger partial charge >= 0.3 is 5.97 Å². The summed E-state index contributed by atoms with van der Waals surface area (Å²) in [5.41, 5.74) is 3.44. The van der Waals surface area contributed by atoms with Crippen LogP contribution in [0.3, 0.4) is 0 Å². The highest BCUT2D eigenvalue weighted by molar-refractivity contribution is 5.88. The Hall–Kier alpha value is -4.12. The predicted octanol–water partition coefficient (Wildman–Crippen LogP) is 5.92. The minimum absolute atomic E-state index is 0.373. The van der Waals surface area contributed by atoms with Gasteiger partial charge in [-0.3, -0.25) is 4.79 Å². The van der Waals surface area contributed by atoms with Gasteiger partial charge < -0.3 is 14.2 Å². The number of rotatable bonds is 7. The zero-order valence-corrected chi connectivity index (χ0v) is 17.9. The molecule has 0 unspecified atom stereocenters. The fourth-order valence-corrected chi connectivity index (χ4v) is 3.29. The number of ether oxygens (including phenoxy) is 3. The minimum atomic E-state index is -0.373. The van der Waals surface area contributed by atoms with Gasteiger partial charge in [0, 0.05) is 12.3 Å². The molecular weight excluding hydrogens is 402 g/mol. The lowest BCUT2D eigenvalue weighted by Gasteiger charge is -2.11. The maximum absolute atomic E-state index is 11.4. The lowest BCUT2D eigenvalue weighted by Crippen LogP contribution is -2.02. The molecule has 0 saturated heterocycles. The van der Waals surface area contributed by atoms with E-state index in [0.29, 0.717) is 29.4 Å². The van der Waals surface area contributed by atoms with E-state index in [1.807, 2.05) is 84.9 Å². The van der Waals surface area contributed by atoms with Gasteiger partial charge in [-0.05, 0) is 41.5 Å². The summed E-state index contributed by atoms with van der Waals surface area (Å²) in [4.78, 5) is 16.0. The number of benzene rings is 3. The van der Waals surface area contributed by atoms with E-state index in [-0.39, 0.29) is 5.97 Å². The van der Waals surface area contributed by atoms with Crippen LogP contribution in [-0.4, -0.2) is 18.1 Å². The molecule has 3 aromatic carbocycles. The number of para-hydroxylation sites is 1. The number of methoxy groups -OCH3 is 1. The number of hydrogen-bond donors (Lipinski definition) is 0. The molecule has 4 aromatic rings. The molecule has 0 radical (unpaired) electrons. The molecule has 0 atom stereocenters. The Morgan fingerprint density at radius 3 is 2.50 bits per heavy atom. The fourth-order valence-electron chi connectivity index (χ4n) is 3.29.